The molecule has 4 nitrogen and oxygen atoms in total. The Hall–Kier alpha value is -2.38. The van der Waals surface area contributed by atoms with Crippen LogP contribution in [0.5, 0.6) is 0 Å². The van der Waals surface area contributed by atoms with Gasteiger partial charge in [-0.25, -0.2) is 0 Å². The molecule has 35 heavy (non-hydrogen) atoms. The average Bonchev–Trinajstić information content (AvgIpc) is 3.30. The number of halogens is 3. The Balaban J connectivity index is 1.57. The van der Waals surface area contributed by atoms with E-state index in [1.165, 1.54) is 6.07 Å². The zero-order valence-electron chi connectivity index (χ0n) is 20.5. The van der Waals surface area contributed by atoms with Gasteiger partial charge in [-0.1, -0.05) is 43.3 Å². The van der Waals surface area contributed by atoms with Gasteiger partial charge in [-0.05, 0) is 67.3 Å². The molecule has 2 aromatic rings. The fourth-order valence-corrected chi connectivity index (χ4v) is 5.73. The number of benzene rings is 2. The summed E-state index contributed by atoms with van der Waals surface area (Å²) in [5.41, 5.74) is 1.16. The molecule has 2 aliphatic rings. The van der Waals surface area contributed by atoms with E-state index in [4.69, 9.17) is 4.74 Å². The normalized spacial score (nSPS) is 23.2. The van der Waals surface area contributed by atoms with Crippen molar-refractivity contribution in [2.24, 2.45) is 0 Å². The minimum Gasteiger partial charge on any atom is -0.385 e. The van der Waals surface area contributed by atoms with E-state index in [1.807, 2.05) is 30.3 Å². The number of amides is 1. The molecule has 2 aromatic carbocycles. The Kier molecular flexibility index (Phi) is 7.86. The molecule has 1 heterocycles. The third-order valence-corrected chi connectivity index (χ3v) is 7.72. The highest BCUT2D eigenvalue weighted by Gasteiger charge is 2.49. The molecule has 3 atom stereocenters. The van der Waals surface area contributed by atoms with Gasteiger partial charge in [-0.15, -0.1) is 0 Å². The van der Waals surface area contributed by atoms with Crippen molar-refractivity contribution in [3.8, 4) is 0 Å². The Labute approximate surface area is 205 Å². The molecule has 0 saturated heterocycles. The van der Waals surface area contributed by atoms with Crippen molar-refractivity contribution in [1.29, 1.82) is 0 Å². The van der Waals surface area contributed by atoms with E-state index in [1.54, 1.807) is 18.1 Å². The van der Waals surface area contributed by atoms with Crippen LogP contribution in [0.1, 0.15) is 61.3 Å². The summed E-state index contributed by atoms with van der Waals surface area (Å²) in [5, 5.41) is 3.75. The number of hydrogen-bond acceptors (Lipinski definition) is 3. The number of alkyl halides is 3. The first-order valence-electron chi connectivity index (χ1n) is 12.6. The lowest BCUT2D eigenvalue weighted by Crippen LogP contribution is -2.48. The third-order valence-electron chi connectivity index (χ3n) is 7.72. The first-order valence-corrected chi connectivity index (χ1v) is 12.6. The number of ether oxygens (including phenoxy) is 1. The van der Waals surface area contributed by atoms with Crippen LogP contribution in [0.4, 0.5) is 13.2 Å². The fourth-order valence-electron chi connectivity index (χ4n) is 5.73. The summed E-state index contributed by atoms with van der Waals surface area (Å²) >= 11 is 0. The maximum atomic E-state index is 14.1. The molecule has 1 amide bonds. The average molecular weight is 489 g/mol. The van der Waals surface area contributed by atoms with Gasteiger partial charge in [0.1, 0.15) is 0 Å². The standard InChI is InChI=1S/C28H35F3N2O2/c1-3-24(13-16-35-2)32-25-11-14-27(18-25,22-7-5-4-6-8-22)26(34)33-15-12-20-9-10-23(28(29,30)31)17-21(20)19-33/h4-10,17,24-25,32H,3,11-16,18-19H2,1-2H3/t24?,25-,27+/m1/s1. The van der Waals surface area contributed by atoms with Crippen molar-refractivity contribution in [3.63, 3.8) is 0 Å². The summed E-state index contributed by atoms with van der Waals surface area (Å²) in [7, 11) is 1.70. The zero-order valence-corrected chi connectivity index (χ0v) is 20.5. The van der Waals surface area contributed by atoms with E-state index in [0.717, 1.165) is 42.9 Å². The number of nitrogens with zero attached hydrogens (tertiary/aromatic N) is 1. The fraction of sp³-hybridized carbons (Fsp3) is 0.536. The van der Waals surface area contributed by atoms with E-state index in [0.29, 0.717) is 37.6 Å². The highest BCUT2D eigenvalue weighted by atomic mass is 19.4. The Bertz CT molecular complexity index is 1010. The molecule has 1 fully saturated rings. The van der Waals surface area contributed by atoms with E-state index >= 15 is 0 Å². The Morgan fingerprint density at radius 1 is 1.20 bits per heavy atom. The summed E-state index contributed by atoms with van der Waals surface area (Å²) in [6.45, 7) is 3.58. The van der Waals surface area contributed by atoms with Gasteiger partial charge >= 0.3 is 6.18 Å². The monoisotopic (exact) mass is 488 g/mol. The third kappa shape index (κ3) is 5.56. The molecular weight excluding hydrogens is 453 g/mol. The Morgan fingerprint density at radius 2 is 1.97 bits per heavy atom. The second kappa shape index (κ2) is 10.7. The lowest BCUT2D eigenvalue weighted by molar-refractivity contribution is -0.138. The largest absolute Gasteiger partial charge is 0.416 e. The van der Waals surface area contributed by atoms with Crippen molar-refractivity contribution in [2.45, 2.75) is 75.7 Å². The number of nitrogens with one attached hydrogen (secondary N) is 1. The van der Waals surface area contributed by atoms with Gasteiger partial charge in [0.15, 0.2) is 0 Å². The van der Waals surface area contributed by atoms with E-state index < -0.39 is 17.2 Å². The van der Waals surface area contributed by atoms with Crippen LogP contribution >= 0.6 is 0 Å². The van der Waals surface area contributed by atoms with Gasteiger partial charge in [0.2, 0.25) is 5.91 Å². The molecule has 0 radical (unpaired) electrons. The Morgan fingerprint density at radius 3 is 2.66 bits per heavy atom. The number of carbonyl (C=O) groups excluding carboxylic acids is 1. The van der Waals surface area contributed by atoms with Crippen LogP contribution < -0.4 is 5.32 Å². The summed E-state index contributed by atoms with van der Waals surface area (Å²) < 4.78 is 45.2. The second-order valence-electron chi connectivity index (χ2n) is 9.90. The molecule has 1 aliphatic carbocycles. The van der Waals surface area contributed by atoms with Crippen LogP contribution in [-0.2, 0) is 34.1 Å². The minimum atomic E-state index is -4.39. The van der Waals surface area contributed by atoms with Gasteiger partial charge in [0, 0.05) is 38.9 Å². The SMILES string of the molecule is CCC(CCOC)N[C@@H]1CC[C@@](C(=O)N2CCc3ccc(C(F)(F)F)cc3C2)(c2ccccc2)C1. The summed E-state index contributed by atoms with van der Waals surface area (Å²) in [5.74, 6) is 0.0287. The highest BCUT2D eigenvalue weighted by molar-refractivity contribution is 5.89. The highest BCUT2D eigenvalue weighted by Crippen LogP contribution is 2.44. The number of carbonyl (C=O) groups is 1. The van der Waals surface area contributed by atoms with Gasteiger partial charge in [-0.2, -0.15) is 13.2 Å². The first-order chi connectivity index (χ1) is 16.8. The maximum Gasteiger partial charge on any atom is 0.416 e. The minimum absolute atomic E-state index is 0.0287. The molecule has 1 unspecified atom stereocenters. The van der Waals surface area contributed by atoms with E-state index in [2.05, 4.69) is 12.2 Å². The van der Waals surface area contributed by atoms with Crippen molar-refractivity contribution in [1.82, 2.24) is 10.2 Å². The van der Waals surface area contributed by atoms with Crippen LogP contribution in [0.15, 0.2) is 48.5 Å². The van der Waals surface area contributed by atoms with Gasteiger partial charge in [-0.3, -0.25) is 4.79 Å². The zero-order chi connectivity index (χ0) is 25.1. The van der Waals surface area contributed by atoms with E-state index in [-0.39, 0.29) is 18.5 Å². The molecule has 190 valence electrons. The lowest BCUT2D eigenvalue weighted by Gasteiger charge is -2.38. The quantitative estimate of drug-likeness (QED) is 0.535. The molecule has 4 rings (SSSR count). The number of methoxy groups -OCH3 is 1. The van der Waals surface area contributed by atoms with Crippen LogP contribution in [0.3, 0.4) is 0 Å². The van der Waals surface area contributed by atoms with Gasteiger partial charge < -0.3 is 15.0 Å². The molecule has 7 heteroatoms. The van der Waals surface area contributed by atoms with Gasteiger partial charge in [0.25, 0.3) is 0 Å². The summed E-state index contributed by atoms with van der Waals surface area (Å²) in [6.07, 6.45) is 0.366. The first kappa shape index (κ1) is 25.7. The summed E-state index contributed by atoms with van der Waals surface area (Å²) in [6, 6.07) is 14.3. The van der Waals surface area contributed by atoms with Crippen LogP contribution in [0, 0.1) is 0 Å². The predicted molar refractivity (Wildman–Crippen MR) is 130 cm³/mol. The van der Waals surface area contributed by atoms with Crippen molar-refractivity contribution >= 4 is 5.91 Å². The molecule has 0 aromatic heterocycles. The molecule has 1 saturated carbocycles. The number of rotatable bonds is 8. The molecule has 0 spiro atoms. The van der Waals surface area contributed by atoms with Crippen molar-refractivity contribution < 1.29 is 22.7 Å². The van der Waals surface area contributed by atoms with Crippen molar-refractivity contribution in [2.75, 3.05) is 20.3 Å². The molecule has 1 aliphatic heterocycles. The van der Waals surface area contributed by atoms with E-state index in [9.17, 15) is 18.0 Å². The molecule has 1 N–H and O–H groups in total. The topological polar surface area (TPSA) is 41.6 Å². The smallest absolute Gasteiger partial charge is 0.385 e. The number of hydrogen-bond donors (Lipinski definition) is 1. The van der Waals surface area contributed by atoms with Crippen LogP contribution in [-0.4, -0.2) is 43.2 Å². The summed E-state index contributed by atoms with van der Waals surface area (Å²) in [4.78, 5) is 15.9. The van der Waals surface area contributed by atoms with Crippen LogP contribution in [0.2, 0.25) is 0 Å². The van der Waals surface area contributed by atoms with Crippen LogP contribution in [0.25, 0.3) is 0 Å². The molecule has 0 bridgehead atoms. The predicted octanol–water partition coefficient (Wildman–Crippen LogP) is 5.49. The van der Waals surface area contributed by atoms with Crippen molar-refractivity contribution in [3.05, 3.63) is 70.8 Å². The number of fused-ring (bicyclic) bond motifs is 1. The maximum absolute atomic E-state index is 14.1. The molecular formula is C28H35F3N2O2. The second-order valence-corrected chi connectivity index (χ2v) is 9.90. The van der Waals surface area contributed by atoms with Gasteiger partial charge in [0.05, 0.1) is 11.0 Å². The lowest BCUT2D eigenvalue weighted by atomic mass is 9.76.